The lowest BCUT2D eigenvalue weighted by Crippen LogP contribution is -2.60. The Morgan fingerprint density at radius 3 is 1.62 bits per heavy atom. The number of guanidine groups is 1. The van der Waals surface area contributed by atoms with Crippen LogP contribution in [0.5, 0.6) is 0 Å². The average Bonchev–Trinajstić information content (AvgIpc) is 3.28. The molecule has 25 nitrogen and oxygen atoms in total. The summed E-state index contributed by atoms with van der Waals surface area (Å²) in [4.78, 5) is 134. The van der Waals surface area contributed by atoms with E-state index < -0.39 is 127 Å². The van der Waals surface area contributed by atoms with E-state index in [0.717, 1.165) is 6.92 Å². The number of nitrogens with one attached hydrogen (secondary N) is 7. The van der Waals surface area contributed by atoms with E-state index in [1.54, 1.807) is 50.4 Å². The first-order chi connectivity index (χ1) is 32.5. The Bertz CT molecular complexity index is 1920. The Morgan fingerprint density at radius 2 is 1.09 bits per heavy atom. The highest BCUT2D eigenvalue weighted by Gasteiger charge is 2.34. The molecule has 8 atom stereocenters. The van der Waals surface area contributed by atoms with Crippen molar-refractivity contribution in [1.82, 2.24) is 37.2 Å². The Hall–Kier alpha value is -6.54. The average molecular weight is 995 g/mol. The molecule has 7 amide bonds. The Labute approximate surface area is 404 Å². The van der Waals surface area contributed by atoms with Crippen LogP contribution in [-0.2, 0) is 54.4 Å². The lowest BCUT2D eigenvalue weighted by molar-refractivity contribution is -0.143. The zero-order valence-electron chi connectivity index (χ0n) is 39.4. The molecule has 18 N–H and O–H groups in total. The molecule has 1 rings (SSSR count). The van der Waals surface area contributed by atoms with Gasteiger partial charge in [0, 0.05) is 19.4 Å². The van der Waals surface area contributed by atoms with Gasteiger partial charge >= 0.3 is 17.9 Å². The predicted molar refractivity (Wildman–Crippen MR) is 255 cm³/mol. The van der Waals surface area contributed by atoms with Crippen LogP contribution >= 0.6 is 11.8 Å². The number of aliphatic carboxylic acids is 3. The van der Waals surface area contributed by atoms with Gasteiger partial charge in [0.15, 0.2) is 5.96 Å². The molecule has 0 radical (unpaired) electrons. The maximum absolute atomic E-state index is 13.8. The maximum atomic E-state index is 13.8. The number of nitrogens with two attached hydrogens (primary N) is 4. The Kier molecular flexibility index (Phi) is 28.3. The number of hydrogen-bond acceptors (Lipinski definition) is 14. The monoisotopic (exact) mass is 994 g/mol. The summed E-state index contributed by atoms with van der Waals surface area (Å²) in [7, 11) is 0. The number of nitrogens with zero attached hydrogens (tertiary/aromatic N) is 1. The van der Waals surface area contributed by atoms with E-state index in [-0.39, 0.29) is 50.5 Å². The lowest BCUT2D eigenvalue weighted by Gasteiger charge is -2.27. The van der Waals surface area contributed by atoms with Gasteiger partial charge in [-0.2, -0.15) is 11.8 Å². The standard InChI is InChI=1S/C43H70N12O13S/c1-23(2)34(45)41(66)52-26(13-8-9-18-44)36(61)51-28(17-20-69-4)38(63)55-31(22-33(58)59)39(64)49-24(3)35(60)50-27(15-16-32(56)57)37(62)54-30(21-25-11-6-5-7-12-25)40(65)53-29(42(67)68)14-10-19-48-43(46)47/h5-7,11-12,23-24,26-31,34H,8-10,13-22,44-45H2,1-4H3,(H,49,64)(H,50,60)(H,51,61)(H,52,66)(H,53,65)(H,54,62)(H,55,63)(H,56,57)(H,58,59)(H,67,68)(H4,46,47,48)/t24-,26-,27-,28-,29-,30-,31-,34-/m0/s1. The zero-order valence-corrected chi connectivity index (χ0v) is 40.2. The molecular formula is C43H70N12O13S. The van der Waals surface area contributed by atoms with Gasteiger partial charge in [-0.3, -0.25) is 48.1 Å². The van der Waals surface area contributed by atoms with E-state index in [1.165, 1.54) is 11.8 Å². The SMILES string of the molecule is CSCC[C@H](NC(=O)[C@H](CCCCN)NC(=O)[C@@H](N)C(C)C)C(=O)N[C@@H](CC(=O)O)C(=O)N[C@@H](C)C(=O)N[C@@H](CCC(=O)O)C(=O)N[C@@H](Cc1ccccc1)C(=O)N[C@@H](CCCN=C(N)N)C(=O)O. The Morgan fingerprint density at radius 1 is 0.594 bits per heavy atom. The second-order valence-corrected chi connectivity index (χ2v) is 17.4. The third-order valence-corrected chi connectivity index (χ3v) is 11.0. The van der Waals surface area contributed by atoms with Crippen LogP contribution in [-0.4, -0.2) is 154 Å². The highest BCUT2D eigenvalue weighted by atomic mass is 32.2. The highest BCUT2D eigenvalue weighted by molar-refractivity contribution is 7.98. The molecule has 386 valence electrons. The number of carboxylic acids is 3. The minimum Gasteiger partial charge on any atom is -0.481 e. The minimum absolute atomic E-state index is 0.0163. The largest absolute Gasteiger partial charge is 0.481 e. The smallest absolute Gasteiger partial charge is 0.326 e. The summed E-state index contributed by atoms with van der Waals surface area (Å²) >= 11 is 1.33. The van der Waals surface area contributed by atoms with Gasteiger partial charge in [0.25, 0.3) is 0 Å². The molecule has 0 heterocycles. The molecule has 1 aromatic carbocycles. The van der Waals surface area contributed by atoms with Crippen LogP contribution in [0.15, 0.2) is 35.3 Å². The number of carboxylic acid groups (broad SMARTS) is 3. The summed E-state index contributed by atoms with van der Waals surface area (Å²) in [6.45, 7) is 5.00. The van der Waals surface area contributed by atoms with Crippen molar-refractivity contribution in [1.29, 1.82) is 0 Å². The third kappa shape index (κ3) is 24.4. The van der Waals surface area contributed by atoms with E-state index in [2.05, 4.69) is 42.2 Å². The van der Waals surface area contributed by atoms with Crippen molar-refractivity contribution < 1.29 is 63.3 Å². The number of benzene rings is 1. The molecule has 0 aromatic heterocycles. The molecule has 0 saturated heterocycles. The molecule has 26 heteroatoms. The molecule has 0 spiro atoms. The van der Waals surface area contributed by atoms with Gasteiger partial charge in [0.1, 0.15) is 42.3 Å². The summed E-state index contributed by atoms with van der Waals surface area (Å²) in [6, 6.07) is -2.97. The fourth-order valence-corrected chi connectivity index (χ4v) is 6.81. The molecule has 1 aromatic rings. The van der Waals surface area contributed by atoms with E-state index in [0.29, 0.717) is 30.7 Å². The van der Waals surface area contributed by atoms with Crippen LogP contribution in [0.2, 0.25) is 0 Å². The van der Waals surface area contributed by atoms with Crippen molar-refractivity contribution in [3.63, 3.8) is 0 Å². The first-order valence-electron chi connectivity index (χ1n) is 22.3. The van der Waals surface area contributed by atoms with Crippen LogP contribution in [0.4, 0.5) is 0 Å². The number of thioether (sulfide) groups is 1. The molecule has 0 aliphatic carbocycles. The molecule has 0 fully saturated rings. The second-order valence-electron chi connectivity index (χ2n) is 16.4. The van der Waals surface area contributed by atoms with E-state index in [9.17, 15) is 63.3 Å². The summed E-state index contributed by atoms with van der Waals surface area (Å²) in [5.74, 6) is -10.9. The van der Waals surface area contributed by atoms with Gasteiger partial charge in [-0.25, -0.2) is 4.79 Å². The number of rotatable bonds is 34. The van der Waals surface area contributed by atoms with Gasteiger partial charge in [-0.15, -0.1) is 0 Å². The molecular weight excluding hydrogens is 925 g/mol. The van der Waals surface area contributed by atoms with Gasteiger partial charge in [0.05, 0.1) is 12.5 Å². The van der Waals surface area contributed by atoms with E-state index in [1.807, 2.05) is 0 Å². The number of amides is 7. The van der Waals surface area contributed by atoms with Crippen LogP contribution in [0, 0.1) is 5.92 Å². The first kappa shape index (κ1) is 60.5. The molecule has 0 saturated carbocycles. The van der Waals surface area contributed by atoms with Crippen LogP contribution in [0.3, 0.4) is 0 Å². The van der Waals surface area contributed by atoms with Crippen molar-refractivity contribution in [3.8, 4) is 0 Å². The summed E-state index contributed by atoms with van der Waals surface area (Å²) in [5, 5.41) is 45.9. The number of hydrogen-bond donors (Lipinski definition) is 14. The van der Waals surface area contributed by atoms with Crippen LogP contribution < -0.4 is 60.2 Å². The quantitative estimate of drug-likeness (QED) is 0.0186. The topological polar surface area (TPSA) is 432 Å². The van der Waals surface area contributed by atoms with Gasteiger partial charge < -0.3 is 75.5 Å². The highest BCUT2D eigenvalue weighted by Crippen LogP contribution is 2.10. The zero-order chi connectivity index (χ0) is 52.2. The molecule has 0 unspecified atom stereocenters. The fourth-order valence-electron chi connectivity index (χ4n) is 6.34. The first-order valence-corrected chi connectivity index (χ1v) is 23.7. The summed E-state index contributed by atoms with van der Waals surface area (Å²) in [5.41, 5.74) is 22.8. The Balaban J connectivity index is 3.32. The summed E-state index contributed by atoms with van der Waals surface area (Å²) < 4.78 is 0. The number of aliphatic imine (C=N–C) groups is 1. The van der Waals surface area contributed by atoms with Crippen LogP contribution in [0.1, 0.15) is 84.1 Å². The number of carbonyl (C=O) groups excluding carboxylic acids is 7. The van der Waals surface area contributed by atoms with Crippen molar-refractivity contribution in [2.24, 2.45) is 33.8 Å². The molecule has 69 heavy (non-hydrogen) atoms. The van der Waals surface area contributed by atoms with Crippen LogP contribution in [0.25, 0.3) is 0 Å². The second kappa shape index (κ2) is 32.3. The minimum atomic E-state index is -1.81. The van der Waals surface area contributed by atoms with Gasteiger partial charge in [-0.1, -0.05) is 44.2 Å². The summed E-state index contributed by atoms with van der Waals surface area (Å²) in [6.07, 6.45) is 0.633. The van der Waals surface area contributed by atoms with Gasteiger partial charge in [-0.05, 0) is 81.9 Å². The molecule has 0 bridgehead atoms. The predicted octanol–water partition coefficient (Wildman–Crippen LogP) is -3.01. The number of unbranched alkanes of at least 4 members (excludes halogenated alkanes) is 1. The van der Waals surface area contributed by atoms with Crippen molar-refractivity contribution >= 4 is 77.0 Å². The fraction of sp³-hybridized carbons (Fsp3) is 0.605. The molecule has 0 aliphatic heterocycles. The lowest BCUT2D eigenvalue weighted by atomic mass is 10.0. The van der Waals surface area contributed by atoms with Gasteiger partial charge in [0.2, 0.25) is 41.4 Å². The number of carbonyl (C=O) groups is 10. The maximum Gasteiger partial charge on any atom is 0.326 e. The molecule has 0 aliphatic rings. The third-order valence-electron chi connectivity index (χ3n) is 10.4. The van der Waals surface area contributed by atoms with Crippen molar-refractivity contribution in [3.05, 3.63) is 35.9 Å². The van der Waals surface area contributed by atoms with Crippen molar-refractivity contribution in [2.45, 2.75) is 133 Å². The van der Waals surface area contributed by atoms with E-state index >= 15 is 0 Å². The normalized spacial score (nSPS) is 14.4. The van der Waals surface area contributed by atoms with E-state index in [4.69, 9.17) is 22.9 Å². The van der Waals surface area contributed by atoms with Crippen molar-refractivity contribution in [2.75, 3.05) is 25.1 Å².